The lowest BCUT2D eigenvalue weighted by atomic mass is 10.1. The van der Waals surface area contributed by atoms with E-state index < -0.39 is 36.2 Å². The van der Waals surface area contributed by atoms with Crippen molar-refractivity contribution in [1.82, 2.24) is 20.9 Å². The topological polar surface area (TPSA) is 164 Å². The van der Waals surface area contributed by atoms with Crippen molar-refractivity contribution in [2.24, 2.45) is 5.73 Å². The highest BCUT2D eigenvalue weighted by atomic mass is 35.5. The number of nitrogens with one attached hydrogen (secondary N) is 3. The number of carboxylic acid groups (broad SMARTS) is 1. The Kier molecular flexibility index (Phi) is 10.3. The van der Waals surface area contributed by atoms with Crippen LogP contribution in [0.2, 0.25) is 5.02 Å². The molecule has 176 valence electrons. The van der Waals surface area contributed by atoms with E-state index in [4.69, 9.17) is 22.4 Å². The predicted octanol–water partition coefficient (Wildman–Crippen LogP) is 0.518. The van der Waals surface area contributed by atoms with E-state index in [9.17, 15) is 19.2 Å². The van der Waals surface area contributed by atoms with Crippen molar-refractivity contribution in [3.63, 3.8) is 0 Å². The van der Waals surface area contributed by atoms with Crippen molar-refractivity contribution in [1.29, 1.82) is 0 Å². The van der Waals surface area contributed by atoms with E-state index >= 15 is 0 Å². The van der Waals surface area contributed by atoms with E-state index in [0.717, 1.165) is 11.1 Å². The molecule has 1 aromatic heterocycles. The van der Waals surface area contributed by atoms with Crippen LogP contribution in [0, 0.1) is 0 Å². The zero-order chi connectivity index (χ0) is 24.2. The van der Waals surface area contributed by atoms with Gasteiger partial charge in [-0.3, -0.25) is 24.2 Å². The maximum atomic E-state index is 12.6. The molecular formula is C22H26ClN5O5. The Labute approximate surface area is 195 Å². The Balaban J connectivity index is 1.91. The molecule has 2 aromatic rings. The smallest absolute Gasteiger partial charge is 0.312 e. The fraction of sp³-hybridized carbons (Fsp3) is 0.318. The van der Waals surface area contributed by atoms with Gasteiger partial charge in [0, 0.05) is 30.0 Å². The molecule has 0 bridgehead atoms. The summed E-state index contributed by atoms with van der Waals surface area (Å²) >= 11 is 5.99. The average Bonchev–Trinajstić information content (AvgIpc) is 2.79. The SMILES string of the molecule is NCc1ccc(Cl)cc1CNC(=O)CNC(=O)C(CCc1ccccn1)NC(=O)CC(=O)O. The molecule has 0 saturated carbocycles. The maximum absolute atomic E-state index is 12.6. The number of nitrogens with two attached hydrogens (primary N) is 1. The Morgan fingerprint density at radius 1 is 1.06 bits per heavy atom. The van der Waals surface area contributed by atoms with Gasteiger partial charge in [-0.15, -0.1) is 0 Å². The predicted molar refractivity (Wildman–Crippen MR) is 121 cm³/mol. The van der Waals surface area contributed by atoms with Gasteiger partial charge in [0.25, 0.3) is 0 Å². The van der Waals surface area contributed by atoms with Crippen LogP contribution >= 0.6 is 11.6 Å². The number of carbonyl (C=O) groups excluding carboxylic acids is 3. The van der Waals surface area contributed by atoms with Crippen LogP contribution in [-0.2, 0) is 38.7 Å². The van der Waals surface area contributed by atoms with Crippen LogP contribution in [0.5, 0.6) is 0 Å². The van der Waals surface area contributed by atoms with Crippen molar-refractivity contribution in [3.05, 3.63) is 64.4 Å². The number of rotatable bonds is 12. The molecule has 3 amide bonds. The second-order valence-electron chi connectivity index (χ2n) is 7.16. The number of nitrogens with zero attached hydrogens (tertiary/aromatic N) is 1. The number of pyridine rings is 1. The first-order chi connectivity index (χ1) is 15.8. The molecule has 1 aromatic carbocycles. The summed E-state index contributed by atoms with van der Waals surface area (Å²) < 4.78 is 0. The first-order valence-electron chi connectivity index (χ1n) is 10.2. The van der Waals surface area contributed by atoms with E-state index in [2.05, 4.69) is 20.9 Å². The number of hydrogen-bond donors (Lipinski definition) is 5. The van der Waals surface area contributed by atoms with E-state index in [0.29, 0.717) is 17.1 Å². The molecule has 0 fully saturated rings. The van der Waals surface area contributed by atoms with E-state index in [1.807, 2.05) is 0 Å². The molecule has 0 spiro atoms. The number of aromatic nitrogens is 1. The van der Waals surface area contributed by atoms with Crippen molar-refractivity contribution < 1.29 is 24.3 Å². The van der Waals surface area contributed by atoms with Gasteiger partial charge in [-0.25, -0.2) is 0 Å². The van der Waals surface area contributed by atoms with Crippen molar-refractivity contribution in [2.75, 3.05) is 6.54 Å². The number of aryl methyl sites for hydroxylation is 1. The van der Waals surface area contributed by atoms with Crippen LogP contribution in [0.1, 0.15) is 29.7 Å². The highest BCUT2D eigenvalue weighted by Crippen LogP contribution is 2.15. The highest BCUT2D eigenvalue weighted by Gasteiger charge is 2.22. The summed E-state index contributed by atoms with van der Waals surface area (Å²) in [5.41, 5.74) is 7.99. The largest absolute Gasteiger partial charge is 0.481 e. The van der Waals surface area contributed by atoms with Gasteiger partial charge >= 0.3 is 5.97 Å². The highest BCUT2D eigenvalue weighted by molar-refractivity contribution is 6.30. The van der Waals surface area contributed by atoms with Crippen LogP contribution in [-0.4, -0.2) is 46.4 Å². The molecule has 33 heavy (non-hydrogen) atoms. The quantitative estimate of drug-likeness (QED) is 0.279. The van der Waals surface area contributed by atoms with Gasteiger partial charge in [0.1, 0.15) is 12.5 Å². The Morgan fingerprint density at radius 3 is 2.52 bits per heavy atom. The molecule has 0 saturated heterocycles. The zero-order valence-corrected chi connectivity index (χ0v) is 18.6. The summed E-state index contributed by atoms with van der Waals surface area (Å²) in [7, 11) is 0. The minimum Gasteiger partial charge on any atom is -0.481 e. The van der Waals surface area contributed by atoms with Gasteiger partial charge in [-0.1, -0.05) is 23.7 Å². The Morgan fingerprint density at radius 2 is 1.85 bits per heavy atom. The van der Waals surface area contributed by atoms with Gasteiger partial charge in [-0.2, -0.15) is 0 Å². The standard InChI is InChI=1S/C22H26ClN5O5/c23-16-5-4-14(11-24)15(9-16)12-26-20(30)13-27-22(33)18(28-19(29)10-21(31)32)7-6-17-3-1-2-8-25-17/h1-5,8-9,18H,6-7,10-13,24H2,(H,26,30)(H,27,33)(H,28,29)(H,31,32). The monoisotopic (exact) mass is 475 g/mol. The van der Waals surface area contributed by atoms with Gasteiger partial charge in [0.15, 0.2) is 0 Å². The number of hydrogen-bond acceptors (Lipinski definition) is 6. The Hall–Kier alpha value is -3.50. The van der Waals surface area contributed by atoms with Gasteiger partial charge in [0.05, 0.1) is 6.54 Å². The lowest BCUT2D eigenvalue weighted by Crippen LogP contribution is -2.49. The lowest BCUT2D eigenvalue weighted by molar-refractivity contribution is -0.141. The summed E-state index contributed by atoms with van der Waals surface area (Å²) in [6.07, 6.45) is 1.39. The maximum Gasteiger partial charge on any atom is 0.312 e. The second-order valence-corrected chi connectivity index (χ2v) is 7.60. The first kappa shape index (κ1) is 25.8. The third-order valence-corrected chi connectivity index (χ3v) is 4.90. The average molecular weight is 476 g/mol. The fourth-order valence-electron chi connectivity index (χ4n) is 2.99. The van der Waals surface area contributed by atoms with Gasteiger partial charge in [0.2, 0.25) is 17.7 Å². The zero-order valence-electron chi connectivity index (χ0n) is 17.8. The molecule has 0 aliphatic rings. The van der Waals surface area contributed by atoms with Crippen LogP contribution in [0.3, 0.4) is 0 Å². The molecule has 11 heteroatoms. The summed E-state index contributed by atoms with van der Waals surface area (Å²) in [4.78, 5) is 51.6. The molecular weight excluding hydrogens is 450 g/mol. The van der Waals surface area contributed by atoms with E-state index in [1.54, 1.807) is 42.6 Å². The molecule has 2 rings (SSSR count). The first-order valence-corrected chi connectivity index (χ1v) is 10.6. The molecule has 0 aliphatic carbocycles. The third-order valence-electron chi connectivity index (χ3n) is 4.67. The van der Waals surface area contributed by atoms with E-state index in [-0.39, 0.29) is 26.1 Å². The minimum atomic E-state index is -1.31. The lowest BCUT2D eigenvalue weighted by Gasteiger charge is -2.18. The second kappa shape index (κ2) is 13.1. The van der Waals surface area contributed by atoms with Gasteiger partial charge < -0.3 is 26.8 Å². The van der Waals surface area contributed by atoms with Crippen LogP contribution in [0.15, 0.2) is 42.6 Å². The molecule has 1 atom stereocenters. The third kappa shape index (κ3) is 9.26. The van der Waals surface area contributed by atoms with Crippen molar-refractivity contribution in [3.8, 4) is 0 Å². The normalized spacial score (nSPS) is 11.3. The number of aliphatic carboxylic acids is 1. The number of halogens is 1. The summed E-state index contributed by atoms with van der Waals surface area (Å²) in [6.45, 7) is 0.138. The molecule has 0 aliphatic heterocycles. The molecule has 10 nitrogen and oxygen atoms in total. The van der Waals surface area contributed by atoms with E-state index in [1.165, 1.54) is 0 Å². The van der Waals surface area contributed by atoms with Crippen LogP contribution in [0.4, 0.5) is 0 Å². The van der Waals surface area contributed by atoms with Crippen LogP contribution < -0.4 is 21.7 Å². The van der Waals surface area contributed by atoms with Crippen LogP contribution in [0.25, 0.3) is 0 Å². The summed E-state index contributed by atoms with van der Waals surface area (Å²) in [5.74, 6) is -3.17. The summed E-state index contributed by atoms with van der Waals surface area (Å²) in [6, 6.07) is 9.47. The number of carbonyl (C=O) groups is 4. The Bertz CT molecular complexity index is 986. The number of carboxylic acids is 1. The summed E-state index contributed by atoms with van der Waals surface area (Å²) in [5, 5.41) is 16.8. The molecule has 0 radical (unpaired) electrons. The van der Waals surface area contributed by atoms with Crippen molar-refractivity contribution >= 4 is 35.3 Å². The number of amides is 3. The minimum absolute atomic E-state index is 0.179. The number of benzene rings is 1. The molecule has 1 unspecified atom stereocenters. The molecule has 6 N–H and O–H groups in total. The van der Waals surface area contributed by atoms with Gasteiger partial charge in [-0.05, 0) is 48.2 Å². The van der Waals surface area contributed by atoms with Crippen molar-refractivity contribution in [2.45, 2.75) is 38.4 Å². The molecule has 1 heterocycles. The fourth-order valence-corrected chi connectivity index (χ4v) is 3.19.